The first kappa shape index (κ1) is 21.0. The second-order valence-corrected chi connectivity index (χ2v) is 8.86. The van der Waals surface area contributed by atoms with Crippen LogP contribution < -0.4 is 9.46 Å². The van der Waals surface area contributed by atoms with Crippen molar-refractivity contribution in [1.29, 1.82) is 0 Å². The minimum Gasteiger partial charge on any atom is -0.480 e. The quantitative estimate of drug-likeness (QED) is 0.587. The van der Waals surface area contributed by atoms with Crippen LogP contribution in [0.2, 0.25) is 5.02 Å². The van der Waals surface area contributed by atoms with E-state index in [0.29, 0.717) is 33.1 Å². The van der Waals surface area contributed by atoms with Crippen LogP contribution in [-0.4, -0.2) is 42.5 Å². The predicted molar refractivity (Wildman–Crippen MR) is 112 cm³/mol. The molecule has 8 nitrogen and oxygen atoms in total. The topological polar surface area (TPSA) is 101 Å². The van der Waals surface area contributed by atoms with Gasteiger partial charge in [0, 0.05) is 19.1 Å². The lowest BCUT2D eigenvalue weighted by atomic mass is 10.2. The number of hydrogen-bond acceptors (Lipinski definition) is 4. The number of nitrogens with zero attached hydrogens (tertiary/aromatic N) is 2. The summed E-state index contributed by atoms with van der Waals surface area (Å²) in [6.07, 6.45) is 0. The Morgan fingerprint density at radius 1 is 1.21 bits per heavy atom. The lowest BCUT2D eigenvalue weighted by Crippen LogP contribution is -2.29. The third-order valence-corrected chi connectivity index (χ3v) is 6.03. The molecule has 0 atom stereocenters. The number of carboxylic acids is 1. The van der Waals surface area contributed by atoms with Crippen molar-refractivity contribution in [2.75, 3.05) is 18.8 Å². The number of aromatic nitrogens is 1. The Morgan fingerprint density at radius 2 is 1.86 bits per heavy atom. The molecule has 10 heteroatoms. The van der Waals surface area contributed by atoms with Crippen LogP contribution in [-0.2, 0) is 21.5 Å². The van der Waals surface area contributed by atoms with E-state index < -0.39 is 16.2 Å². The number of aliphatic carboxylic acids is 1. The van der Waals surface area contributed by atoms with E-state index in [4.69, 9.17) is 16.3 Å². The van der Waals surface area contributed by atoms with E-state index in [0.717, 1.165) is 4.31 Å². The standard InChI is InChI=1S/C19H20ClN3O5S/c1-12-19(28-14-9-7-13(20)8-10-14)18-15(21-29(26,27)22(2)3)5-4-6-16(18)23(12)11-17(24)25/h4-10,21H,11H2,1-3H3,(H,24,25). The summed E-state index contributed by atoms with van der Waals surface area (Å²) >= 11 is 5.92. The molecule has 0 unspecified atom stereocenters. The second-order valence-electron chi connectivity index (χ2n) is 6.54. The van der Waals surface area contributed by atoms with E-state index in [1.54, 1.807) is 54.0 Å². The Bertz CT molecular complexity index is 1170. The van der Waals surface area contributed by atoms with Gasteiger partial charge in [0.15, 0.2) is 5.75 Å². The van der Waals surface area contributed by atoms with E-state index in [9.17, 15) is 18.3 Å². The Morgan fingerprint density at radius 3 is 2.45 bits per heavy atom. The number of benzene rings is 2. The number of halogens is 1. The SMILES string of the molecule is Cc1c(Oc2ccc(Cl)cc2)c2c(NS(=O)(=O)N(C)C)cccc2n1CC(=O)O. The first-order valence-electron chi connectivity index (χ1n) is 8.57. The van der Waals surface area contributed by atoms with Gasteiger partial charge < -0.3 is 14.4 Å². The molecule has 0 radical (unpaired) electrons. The number of nitrogens with one attached hydrogen (secondary N) is 1. The number of ether oxygens (including phenoxy) is 1. The molecule has 154 valence electrons. The van der Waals surface area contributed by atoms with Crippen molar-refractivity contribution in [2.24, 2.45) is 0 Å². The van der Waals surface area contributed by atoms with Gasteiger partial charge in [0.2, 0.25) is 0 Å². The van der Waals surface area contributed by atoms with Gasteiger partial charge in [-0.3, -0.25) is 9.52 Å². The number of hydrogen-bond donors (Lipinski definition) is 2. The molecule has 0 saturated carbocycles. The molecule has 3 rings (SSSR count). The summed E-state index contributed by atoms with van der Waals surface area (Å²) in [6.45, 7) is 1.43. The van der Waals surface area contributed by atoms with Crippen LogP contribution in [0, 0.1) is 6.92 Å². The van der Waals surface area contributed by atoms with Gasteiger partial charge in [0.25, 0.3) is 0 Å². The number of rotatable bonds is 7. The predicted octanol–water partition coefficient (Wildman–Crippen LogP) is 3.70. The zero-order chi connectivity index (χ0) is 21.3. The highest BCUT2D eigenvalue weighted by Gasteiger charge is 2.23. The van der Waals surface area contributed by atoms with Crippen molar-refractivity contribution < 1.29 is 23.1 Å². The summed E-state index contributed by atoms with van der Waals surface area (Å²) in [7, 11) is -0.958. The van der Waals surface area contributed by atoms with Crippen molar-refractivity contribution in [1.82, 2.24) is 8.87 Å². The van der Waals surface area contributed by atoms with Crippen LogP contribution in [0.5, 0.6) is 11.5 Å². The highest BCUT2D eigenvalue weighted by atomic mass is 35.5. The molecule has 0 aliphatic carbocycles. The maximum absolute atomic E-state index is 12.4. The number of fused-ring (bicyclic) bond motifs is 1. The van der Waals surface area contributed by atoms with E-state index >= 15 is 0 Å². The van der Waals surface area contributed by atoms with Crippen LogP contribution in [0.15, 0.2) is 42.5 Å². The molecule has 0 aliphatic heterocycles. The summed E-state index contributed by atoms with van der Waals surface area (Å²) in [5.41, 5.74) is 1.37. The van der Waals surface area contributed by atoms with Crippen molar-refractivity contribution in [3.8, 4) is 11.5 Å². The maximum Gasteiger partial charge on any atom is 0.323 e. The summed E-state index contributed by atoms with van der Waals surface area (Å²) in [5.74, 6) is -0.180. The zero-order valence-electron chi connectivity index (χ0n) is 16.0. The molecule has 0 fully saturated rings. The van der Waals surface area contributed by atoms with Gasteiger partial charge >= 0.3 is 16.2 Å². The zero-order valence-corrected chi connectivity index (χ0v) is 17.6. The lowest BCUT2D eigenvalue weighted by Gasteiger charge is -2.15. The summed E-state index contributed by atoms with van der Waals surface area (Å²) < 4.78 is 35.9. The van der Waals surface area contributed by atoms with Gasteiger partial charge in [-0.2, -0.15) is 12.7 Å². The molecule has 0 amide bonds. The smallest absolute Gasteiger partial charge is 0.323 e. The molecule has 0 saturated heterocycles. The van der Waals surface area contributed by atoms with Crippen LogP contribution in [0.3, 0.4) is 0 Å². The first-order chi connectivity index (χ1) is 13.6. The third-order valence-electron chi connectivity index (χ3n) is 4.34. The fraction of sp³-hybridized carbons (Fsp3) is 0.211. The van der Waals surface area contributed by atoms with Gasteiger partial charge in [-0.05, 0) is 43.3 Å². The largest absolute Gasteiger partial charge is 0.480 e. The molecule has 2 aromatic carbocycles. The average molecular weight is 438 g/mol. The Hall–Kier alpha value is -2.75. The first-order valence-corrected chi connectivity index (χ1v) is 10.4. The molecule has 1 heterocycles. The van der Waals surface area contributed by atoms with Crippen molar-refractivity contribution in [3.05, 3.63) is 53.2 Å². The van der Waals surface area contributed by atoms with Gasteiger partial charge in [0.05, 0.1) is 22.3 Å². The monoisotopic (exact) mass is 437 g/mol. The molecule has 0 aliphatic rings. The summed E-state index contributed by atoms with van der Waals surface area (Å²) in [4.78, 5) is 11.4. The summed E-state index contributed by atoms with van der Waals surface area (Å²) in [6, 6.07) is 11.6. The third kappa shape index (κ3) is 4.31. The minimum absolute atomic E-state index is 0.285. The molecule has 0 bridgehead atoms. The van der Waals surface area contributed by atoms with E-state index in [1.165, 1.54) is 14.1 Å². The number of anilines is 1. The highest BCUT2D eigenvalue weighted by molar-refractivity contribution is 7.90. The van der Waals surface area contributed by atoms with Gasteiger partial charge in [-0.15, -0.1) is 0 Å². The molecule has 29 heavy (non-hydrogen) atoms. The Labute approximate surface area is 173 Å². The maximum atomic E-state index is 12.4. The van der Waals surface area contributed by atoms with Gasteiger partial charge in [0.1, 0.15) is 12.3 Å². The second kappa shape index (κ2) is 7.94. The molecular formula is C19H20ClN3O5S. The number of carboxylic acid groups (broad SMARTS) is 1. The minimum atomic E-state index is -3.78. The molecule has 2 N–H and O–H groups in total. The Kier molecular flexibility index (Phi) is 5.74. The number of carbonyl (C=O) groups is 1. The molecule has 3 aromatic rings. The fourth-order valence-corrected chi connectivity index (χ4v) is 3.64. The van der Waals surface area contributed by atoms with E-state index in [-0.39, 0.29) is 12.2 Å². The van der Waals surface area contributed by atoms with Crippen molar-refractivity contribution >= 4 is 44.4 Å². The van der Waals surface area contributed by atoms with Crippen LogP contribution in [0.1, 0.15) is 5.69 Å². The van der Waals surface area contributed by atoms with Gasteiger partial charge in [-0.25, -0.2) is 0 Å². The van der Waals surface area contributed by atoms with E-state index in [1.807, 2.05) is 0 Å². The Balaban J connectivity index is 2.22. The fourth-order valence-electron chi connectivity index (χ4n) is 2.89. The van der Waals surface area contributed by atoms with Gasteiger partial charge in [-0.1, -0.05) is 17.7 Å². The van der Waals surface area contributed by atoms with Crippen molar-refractivity contribution in [2.45, 2.75) is 13.5 Å². The van der Waals surface area contributed by atoms with E-state index in [2.05, 4.69) is 4.72 Å². The lowest BCUT2D eigenvalue weighted by molar-refractivity contribution is -0.137. The highest BCUT2D eigenvalue weighted by Crippen LogP contribution is 2.41. The van der Waals surface area contributed by atoms with Crippen LogP contribution in [0.4, 0.5) is 5.69 Å². The summed E-state index contributed by atoms with van der Waals surface area (Å²) in [5, 5.41) is 10.3. The van der Waals surface area contributed by atoms with Crippen molar-refractivity contribution in [3.63, 3.8) is 0 Å². The normalized spacial score (nSPS) is 11.8. The average Bonchev–Trinajstić information content (AvgIpc) is 2.89. The molecular weight excluding hydrogens is 418 g/mol. The van der Waals surface area contributed by atoms with Crippen LogP contribution in [0.25, 0.3) is 10.9 Å². The molecule has 0 spiro atoms. The molecule has 1 aromatic heterocycles. The van der Waals surface area contributed by atoms with Crippen LogP contribution >= 0.6 is 11.6 Å².